The van der Waals surface area contributed by atoms with E-state index in [0.717, 1.165) is 26.2 Å². The van der Waals surface area contributed by atoms with Gasteiger partial charge in [-0.05, 0) is 0 Å². The van der Waals surface area contributed by atoms with Gasteiger partial charge in [-0.25, -0.2) is 9.78 Å². The number of aromatic carboxylic acids is 1. The molecule has 80 valence electrons. The molecule has 1 aliphatic heterocycles. The average molecular weight is 208 g/mol. The second-order valence-corrected chi connectivity index (χ2v) is 3.30. The number of hydrogen-bond acceptors (Lipinski definition) is 5. The molecule has 1 aromatic heterocycles. The van der Waals surface area contributed by atoms with Gasteiger partial charge in [0.05, 0.1) is 12.4 Å². The fourth-order valence-corrected chi connectivity index (χ4v) is 1.51. The van der Waals surface area contributed by atoms with Crippen LogP contribution < -0.4 is 10.2 Å². The summed E-state index contributed by atoms with van der Waals surface area (Å²) < 4.78 is 0. The number of nitrogens with one attached hydrogen (secondary N) is 1. The smallest absolute Gasteiger partial charge is 0.356 e. The van der Waals surface area contributed by atoms with Gasteiger partial charge in [-0.1, -0.05) is 0 Å². The van der Waals surface area contributed by atoms with Crippen LogP contribution >= 0.6 is 0 Å². The highest BCUT2D eigenvalue weighted by Crippen LogP contribution is 2.10. The number of carboxylic acids is 1. The monoisotopic (exact) mass is 208 g/mol. The zero-order valence-electron chi connectivity index (χ0n) is 8.18. The van der Waals surface area contributed by atoms with Crippen LogP contribution in [0.5, 0.6) is 0 Å². The van der Waals surface area contributed by atoms with Crippen LogP contribution in [0.1, 0.15) is 10.5 Å². The van der Waals surface area contributed by atoms with E-state index in [0.29, 0.717) is 5.82 Å². The van der Waals surface area contributed by atoms with Gasteiger partial charge in [-0.2, -0.15) is 0 Å². The third-order valence-corrected chi connectivity index (χ3v) is 2.28. The van der Waals surface area contributed by atoms with E-state index in [9.17, 15) is 4.79 Å². The van der Waals surface area contributed by atoms with Gasteiger partial charge in [0, 0.05) is 26.2 Å². The Kier molecular flexibility index (Phi) is 2.77. The first-order chi connectivity index (χ1) is 7.27. The Morgan fingerprint density at radius 3 is 2.80 bits per heavy atom. The Morgan fingerprint density at radius 2 is 2.13 bits per heavy atom. The Balaban J connectivity index is 2.19. The lowest BCUT2D eigenvalue weighted by Gasteiger charge is -2.28. The predicted molar refractivity (Wildman–Crippen MR) is 54.1 cm³/mol. The summed E-state index contributed by atoms with van der Waals surface area (Å²) in [7, 11) is 0. The van der Waals surface area contributed by atoms with Gasteiger partial charge in [0.15, 0.2) is 5.69 Å². The molecule has 0 bridgehead atoms. The molecule has 0 saturated carbocycles. The zero-order valence-corrected chi connectivity index (χ0v) is 8.18. The van der Waals surface area contributed by atoms with E-state index in [-0.39, 0.29) is 5.69 Å². The van der Waals surface area contributed by atoms with E-state index >= 15 is 0 Å². The van der Waals surface area contributed by atoms with Crippen LogP contribution in [-0.2, 0) is 0 Å². The van der Waals surface area contributed by atoms with Crippen molar-refractivity contribution in [1.29, 1.82) is 0 Å². The van der Waals surface area contributed by atoms with Gasteiger partial charge in [0.25, 0.3) is 0 Å². The normalized spacial score (nSPS) is 16.4. The van der Waals surface area contributed by atoms with Crippen molar-refractivity contribution in [2.45, 2.75) is 0 Å². The van der Waals surface area contributed by atoms with Crippen molar-refractivity contribution in [2.24, 2.45) is 0 Å². The Labute approximate surface area is 87.0 Å². The number of hydrogen-bond donors (Lipinski definition) is 2. The number of rotatable bonds is 2. The van der Waals surface area contributed by atoms with Gasteiger partial charge < -0.3 is 15.3 Å². The molecule has 0 atom stereocenters. The highest BCUT2D eigenvalue weighted by atomic mass is 16.4. The summed E-state index contributed by atoms with van der Waals surface area (Å²) in [6, 6.07) is 0. The van der Waals surface area contributed by atoms with E-state index in [1.807, 2.05) is 4.90 Å². The number of nitrogens with zero attached hydrogens (tertiary/aromatic N) is 3. The third kappa shape index (κ3) is 2.21. The summed E-state index contributed by atoms with van der Waals surface area (Å²) in [5.41, 5.74) is -0.00830. The average Bonchev–Trinajstić information content (AvgIpc) is 2.30. The number of piperazine rings is 1. The van der Waals surface area contributed by atoms with E-state index < -0.39 is 5.97 Å². The summed E-state index contributed by atoms with van der Waals surface area (Å²) in [5.74, 6) is -0.407. The van der Waals surface area contributed by atoms with Gasteiger partial charge >= 0.3 is 5.97 Å². The molecule has 1 saturated heterocycles. The molecule has 6 nitrogen and oxygen atoms in total. The molecule has 6 heteroatoms. The van der Waals surface area contributed by atoms with Crippen LogP contribution in [0.2, 0.25) is 0 Å². The van der Waals surface area contributed by atoms with Crippen molar-refractivity contribution in [2.75, 3.05) is 31.1 Å². The maximum Gasteiger partial charge on any atom is 0.356 e. The van der Waals surface area contributed by atoms with Crippen molar-refractivity contribution in [1.82, 2.24) is 15.3 Å². The molecule has 0 aromatic carbocycles. The van der Waals surface area contributed by atoms with Crippen LogP contribution in [0.15, 0.2) is 12.4 Å². The lowest BCUT2D eigenvalue weighted by atomic mass is 10.3. The van der Waals surface area contributed by atoms with E-state index in [1.165, 1.54) is 6.20 Å². The summed E-state index contributed by atoms with van der Waals surface area (Å²) >= 11 is 0. The maximum absolute atomic E-state index is 10.7. The summed E-state index contributed by atoms with van der Waals surface area (Å²) in [5, 5.41) is 12.0. The number of aromatic nitrogens is 2. The van der Waals surface area contributed by atoms with E-state index in [4.69, 9.17) is 5.11 Å². The van der Waals surface area contributed by atoms with Crippen molar-refractivity contribution < 1.29 is 9.90 Å². The van der Waals surface area contributed by atoms with Crippen LogP contribution in [0, 0.1) is 0 Å². The van der Waals surface area contributed by atoms with Gasteiger partial charge in [-0.15, -0.1) is 0 Å². The first kappa shape index (κ1) is 9.85. The van der Waals surface area contributed by atoms with Gasteiger partial charge in [0.1, 0.15) is 5.82 Å². The van der Waals surface area contributed by atoms with Crippen molar-refractivity contribution in [3.8, 4) is 0 Å². The summed E-state index contributed by atoms with van der Waals surface area (Å²) in [6.45, 7) is 3.44. The second kappa shape index (κ2) is 4.22. The topological polar surface area (TPSA) is 78.3 Å². The molecule has 2 heterocycles. The summed E-state index contributed by atoms with van der Waals surface area (Å²) in [6.07, 6.45) is 2.85. The number of carboxylic acid groups (broad SMARTS) is 1. The predicted octanol–water partition coefficient (Wildman–Crippen LogP) is -0.416. The number of carbonyl (C=O) groups is 1. The fourth-order valence-electron chi connectivity index (χ4n) is 1.51. The van der Waals surface area contributed by atoms with Crippen molar-refractivity contribution >= 4 is 11.8 Å². The van der Waals surface area contributed by atoms with Crippen LogP contribution in [0.3, 0.4) is 0 Å². The molecule has 0 spiro atoms. The lowest BCUT2D eigenvalue weighted by molar-refractivity contribution is 0.0690. The number of anilines is 1. The SMILES string of the molecule is O=C(O)c1cncc(N2CCNCC2)n1. The van der Waals surface area contributed by atoms with Crippen LogP contribution in [-0.4, -0.2) is 47.2 Å². The highest BCUT2D eigenvalue weighted by molar-refractivity contribution is 5.85. The Morgan fingerprint density at radius 1 is 1.40 bits per heavy atom. The lowest BCUT2D eigenvalue weighted by Crippen LogP contribution is -2.44. The quantitative estimate of drug-likeness (QED) is 0.687. The van der Waals surface area contributed by atoms with E-state index in [2.05, 4.69) is 15.3 Å². The molecule has 0 radical (unpaired) electrons. The molecule has 1 aliphatic rings. The molecule has 15 heavy (non-hydrogen) atoms. The molecule has 2 rings (SSSR count). The van der Waals surface area contributed by atoms with Crippen molar-refractivity contribution in [3.63, 3.8) is 0 Å². The zero-order chi connectivity index (χ0) is 10.7. The molecular formula is C9H12N4O2. The van der Waals surface area contributed by atoms with Crippen LogP contribution in [0.4, 0.5) is 5.82 Å². The van der Waals surface area contributed by atoms with Crippen molar-refractivity contribution in [3.05, 3.63) is 18.1 Å². The highest BCUT2D eigenvalue weighted by Gasteiger charge is 2.14. The minimum absolute atomic E-state index is 0.00830. The molecule has 0 aliphatic carbocycles. The summed E-state index contributed by atoms with van der Waals surface area (Å²) in [4.78, 5) is 20.6. The molecule has 1 aromatic rings. The Hall–Kier alpha value is -1.69. The first-order valence-electron chi connectivity index (χ1n) is 4.78. The molecule has 0 amide bonds. The standard InChI is InChI=1S/C9H12N4O2/c14-9(15)7-5-11-6-8(12-7)13-3-1-10-2-4-13/h5-6,10H,1-4H2,(H,14,15). The third-order valence-electron chi connectivity index (χ3n) is 2.28. The maximum atomic E-state index is 10.7. The molecule has 1 fully saturated rings. The fraction of sp³-hybridized carbons (Fsp3) is 0.444. The van der Waals surface area contributed by atoms with Crippen LogP contribution in [0.25, 0.3) is 0 Å². The van der Waals surface area contributed by atoms with E-state index in [1.54, 1.807) is 6.20 Å². The van der Waals surface area contributed by atoms with Gasteiger partial charge in [-0.3, -0.25) is 4.98 Å². The minimum atomic E-state index is -1.04. The molecular weight excluding hydrogens is 196 g/mol. The largest absolute Gasteiger partial charge is 0.476 e. The first-order valence-corrected chi connectivity index (χ1v) is 4.78. The molecule has 0 unspecified atom stereocenters. The molecule has 2 N–H and O–H groups in total. The van der Waals surface area contributed by atoms with Gasteiger partial charge in [0.2, 0.25) is 0 Å². The second-order valence-electron chi connectivity index (χ2n) is 3.30. The Bertz CT molecular complexity index is 363. The minimum Gasteiger partial charge on any atom is -0.476 e.